The van der Waals surface area contributed by atoms with Crippen molar-refractivity contribution in [3.63, 3.8) is 0 Å². The van der Waals surface area contributed by atoms with Crippen LogP contribution >= 0.6 is 0 Å². The molecule has 2 aromatic heterocycles. The van der Waals surface area contributed by atoms with Gasteiger partial charge in [-0.2, -0.15) is 5.10 Å². The van der Waals surface area contributed by atoms with Gasteiger partial charge in [-0.15, -0.1) is 0 Å². The number of nitrogens with zero attached hydrogens (tertiary/aromatic N) is 4. The third-order valence-electron chi connectivity index (χ3n) is 6.08. The fraction of sp³-hybridized carbons (Fsp3) is 0.259. The summed E-state index contributed by atoms with van der Waals surface area (Å²) in [5, 5.41) is 7.79. The first-order valence-electron chi connectivity index (χ1n) is 11.7. The highest BCUT2D eigenvalue weighted by Gasteiger charge is 2.14. The van der Waals surface area contributed by atoms with Gasteiger partial charge < -0.3 is 10.1 Å². The second kappa shape index (κ2) is 10.6. The molecular formula is C27H26FN5O2. The number of nitrogens with one attached hydrogen (secondary N) is 1. The predicted octanol–water partition coefficient (Wildman–Crippen LogP) is 3.93. The number of hydrogen-bond acceptors (Lipinski definition) is 6. The maximum Gasteiger partial charge on any atom is 0.267 e. The minimum Gasteiger partial charge on any atom is -0.490 e. The Morgan fingerprint density at radius 2 is 1.74 bits per heavy atom. The highest BCUT2D eigenvalue weighted by Crippen LogP contribution is 2.20. The van der Waals surface area contributed by atoms with Gasteiger partial charge in [0.2, 0.25) is 0 Å². The van der Waals surface area contributed by atoms with Crippen LogP contribution < -0.4 is 15.6 Å². The van der Waals surface area contributed by atoms with Gasteiger partial charge in [-0.05, 0) is 61.7 Å². The van der Waals surface area contributed by atoms with Crippen LogP contribution in [0.4, 0.5) is 4.39 Å². The molecule has 7 nitrogen and oxygen atoms in total. The van der Waals surface area contributed by atoms with Crippen LogP contribution in [0.25, 0.3) is 22.6 Å². The van der Waals surface area contributed by atoms with Gasteiger partial charge in [-0.25, -0.2) is 19.0 Å². The summed E-state index contributed by atoms with van der Waals surface area (Å²) >= 11 is 0. The van der Waals surface area contributed by atoms with Gasteiger partial charge >= 0.3 is 0 Å². The quantitative estimate of drug-likeness (QED) is 0.440. The SMILES string of the molecule is O=c1ccc(-c2cccc(F)c2)nn1Cc1cccc(-c2ncc(OCC3CCNCC3)cn2)c1. The largest absolute Gasteiger partial charge is 0.490 e. The van der Waals surface area contributed by atoms with Crippen molar-refractivity contribution >= 4 is 0 Å². The summed E-state index contributed by atoms with van der Waals surface area (Å²) in [4.78, 5) is 21.4. The van der Waals surface area contributed by atoms with Crippen molar-refractivity contribution in [2.45, 2.75) is 19.4 Å². The summed E-state index contributed by atoms with van der Waals surface area (Å²) in [7, 11) is 0. The van der Waals surface area contributed by atoms with E-state index < -0.39 is 0 Å². The molecule has 0 saturated carbocycles. The molecule has 0 bridgehead atoms. The molecule has 1 fully saturated rings. The third-order valence-corrected chi connectivity index (χ3v) is 6.08. The minimum absolute atomic E-state index is 0.234. The van der Waals surface area contributed by atoms with E-state index >= 15 is 0 Å². The van der Waals surface area contributed by atoms with Crippen LogP contribution in [0.15, 0.2) is 77.9 Å². The van der Waals surface area contributed by atoms with E-state index in [-0.39, 0.29) is 17.9 Å². The lowest BCUT2D eigenvalue weighted by Gasteiger charge is -2.22. The van der Waals surface area contributed by atoms with Crippen LogP contribution in [0.2, 0.25) is 0 Å². The molecule has 2 aromatic carbocycles. The second-order valence-corrected chi connectivity index (χ2v) is 8.67. The zero-order chi connectivity index (χ0) is 24.0. The number of rotatable bonds is 7. The molecule has 0 unspecified atom stereocenters. The fourth-order valence-electron chi connectivity index (χ4n) is 4.15. The lowest BCUT2D eigenvalue weighted by Crippen LogP contribution is -2.30. The minimum atomic E-state index is -0.350. The van der Waals surface area contributed by atoms with Gasteiger partial charge in [0.1, 0.15) is 5.82 Å². The number of aromatic nitrogens is 4. The molecule has 1 saturated heterocycles. The highest BCUT2D eigenvalue weighted by molar-refractivity contribution is 5.58. The molecule has 0 aliphatic carbocycles. The van der Waals surface area contributed by atoms with E-state index in [1.165, 1.54) is 22.9 Å². The maximum absolute atomic E-state index is 13.6. The van der Waals surface area contributed by atoms with E-state index in [9.17, 15) is 9.18 Å². The van der Waals surface area contributed by atoms with Gasteiger partial charge in [0.25, 0.3) is 5.56 Å². The van der Waals surface area contributed by atoms with E-state index in [0.29, 0.717) is 35.4 Å². The Bertz CT molecular complexity index is 1350. The summed E-state index contributed by atoms with van der Waals surface area (Å²) in [6.07, 6.45) is 5.64. The van der Waals surface area contributed by atoms with E-state index in [1.54, 1.807) is 30.6 Å². The lowest BCUT2D eigenvalue weighted by molar-refractivity contribution is 0.214. The summed E-state index contributed by atoms with van der Waals surface area (Å²) < 4.78 is 20.9. The zero-order valence-electron chi connectivity index (χ0n) is 19.2. The average Bonchev–Trinajstić information content (AvgIpc) is 2.90. The van der Waals surface area contributed by atoms with Gasteiger partial charge in [0.15, 0.2) is 11.6 Å². The molecule has 0 radical (unpaired) electrons. The molecule has 35 heavy (non-hydrogen) atoms. The van der Waals surface area contributed by atoms with E-state index in [4.69, 9.17) is 4.74 Å². The van der Waals surface area contributed by atoms with Crippen LogP contribution in [0.1, 0.15) is 18.4 Å². The molecule has 3 heterocycles. The second-order valence-electron chi connectivity index (χ2n) is 8.67. The monoisotopic (exact) mass is 471 g/mol. The number of ether oxygens (including phenoxy) is 1. The molecule has 1 aliphatic rings. The first-order chi connectivity index (χ1) is 17.1. The van der Waals surface area contributed by atoms with Crippen LogP contribution in [0.5, 0.6) is 5.75 Å². The Morgan fingerprint density at radius 1 is 0.971 bits per heavy atom. The molecule has 0 atom stereocenters. The molecule has 1 aliphatic heterocycles. The van der Waals surface area contributed by atoms with Crippen LogP contribution in [0.3, 0.4) is 0 Å². The Hall–Kier alpha value is -3.91. The Kier molecular flexibility index (Phi) is 6.90. The number of halogens is 1. The summed E-state index contributed by atoms with van der Waals surface area (Å²) in [6, 6.07) is 16.9. The Labute approximate surface area is 202 Å². The van der Waals surface area contributed by atoms with Crippen molar-refractivity contribution in [3.05, 3.63) is 94.8 Å². The van der Waals surface area contributed by atoms with Crippen LogP contribution in [-0.4, -0.2) is 39.4 Å². The fourth-order valence-corrected chi connectivity index (χ4v) is 4.15. The molecule has 178 valence electrons. The normalized spacial score (nSPS) is 14.1. The zero-order valence-corrected chi connectivity index (χ0v) is 19.2. The molecule has 8 heteroatoms. The molecular weight excluding hydrogens is 445 g/mol. The van der Waals surface area contributed by atoms with Crippen molar-refractivity contribution in [2.75, 3.05) is 19.7 Å². The van der Waals surface area contributed by atoms with Gasteiger partial charge in [-0.3, -0.25) is 4.79 Å². The van der Waals surface area contributed by atoms with Gasteiger partial charge in [-0.1, -0.05) is 30.3 Å². The van der Waals surface area contributed by atoms with Crippen molar-refractivity contribution < 1.29 is 9.13 Å². The van der Waals surface area contributed by atoms with Crippen molar-refractivity contribution in [1.29, 1.82) is 0 Å². The molecule has 0 spiro atoms. The number of benzene rings is 2. The molecule has 1 N–H and O–H groups in total. The van der Waals surface area contributed by atoms with Crippen LogP contribution in [0, 0.1) is 11.7 Å². The number of piperidine rings is 1. The van der Waals surface area contributed by atoms with Crippen molar-refractivity contribution in [1.82, 2.24) is 25.1 Å². The highest BCUT2D eigenvalue weighted by atomic mass is 19.1. The first kappa shape index (κ1) is 22.9. The smallest absolute Gasteiger partial charge is 0.267 e. The summed E-state index contributed by atoms with van der Waals surface area (Å²) in [5.74, 6) is 1.45. The Balaban J connectivity index is 1.29. The summed E-state index contributed by atoms with van der Waals surface area (Å²) in [5.41, 5.74) is 2.62. The standard InChI is InChI=1S/C27H26FN5O2/c28-23-6-2-4-21(14-23)25-7-8-26(34)33(32-25)17-20-3-1-5-22(13-20)27-30-15-24(16-31-27)35-18-19-9-11-29-12-10-19/h1-8,13-16,19,29H,9-12,17-18H2. The average molecular weight is 472 g/mol. The topological polar surface area (TPSA) is 81.9 Å². The Morgan fingerprint density at radius 3 is 2.54 bits per heavy atom. The summed E-state index contributed by atoms with van der Waals surface area (Å²) in [6.45, 7) is 3.02. The number of hydrogen-bond donors (Lipinski definition) is 1. The first-order valence-corrected chi connectivity index (χ1v) is 11.7. The molecule has 4 aromatic rings. The van der Waals surface area contributed by atoms with E-state index in [1.807, 2.05) is 24.3 Å². The maximum atomic E-state index is 13.6. The molecule has 0 amide bonds. The van der Waals surface area contributed by atoms with Gasteiger partial charge in [0.05, 0.1) is 31.2 Å². The third kappa shape index (κ3) is 5.78. The van der Waals surface area contributed by atoms with Crippen molar-refractivity contribution in [2.24, 2.45) is 5.92 Å². The predicted molar refractivity (Wildman–Crippen MR) is 132 cm³/mol. The van der Waals surface area contributed by atoms with Crippen LogP contribution in [-0.2, 0) is 6.54 Å². The van der Waals surface area contributed by atoms with E-state index in [2.05, 4.69) is 20.4 Å². The molecule has 5 rings (SSSR count). The van der Waals surface area contributed by atoms with Gasteiger partial charge in [0, 0.05) is 17.2 Å². The van der Waals surface area contributed by atoms with Crippen molar-refractivity contribution in [3.8, 4) is 28.4 Å². The van der Waals surface area contributed by atoms with E-state index in [0.717, 1.165) is 37.1 Å². The lowest BCUT2D eigenvalue weighted by atomic mass is 9.99.